The average molecular weight is 503 g/mol. The molecule has 1 fully saturated rings. The quantitative estimate of drug-likeness (QED) is 0.492. The highest BCUT2D eigenvalue weighted by atomic mass is 35.5. The van der Waals surface area contributed by atoms with Crippen LogP contribution in [0.5, 0.6) is 0 Å². The molecular formula is C23H27ClN6O3S. The van der Waals surface area contributed by atoms with Gasteiger partial charge in [-0.1, -0.05) is 41.4 Å². The highest BCUT2D eigenvalue weighted by Crippen LogP contribution is 2.25. The van der Waals surface area contributed by atoms with E-state index in [-0.39, 0.29) is 18.1 Å². The number of rotatable bonds is 7. The second kappa shape index (κ2) is 10.2. The summed E-state index contributed by atoms with van der Waals surface area (Å²) >= 11 is 5.90. The second-order valence-electron chi connectivity index (χ2n) is 8.19. The number of carbonyl (C=O) groups excluding carboxylic acids is 1. The van der Waals surface area contributed by atoms with E-state index in [0.29, 0.717) is 43.6 Å². The Hall–Kier alpha value is -2.82. The number of hydrogen-bond donors (Lipinski definition) is 0. The van der Waals surface area contributed by atoms with Gasteiger partial charge in [-0.15, -0.1) is 10.2 Å². The van der Waals surface area contributed by atoms with Gasteiger partial charge in [-0.05, 0) is 32.0 Å². The van der Waals surface area contributed by atoms with Crippen molar-refractivity contribution in [3.63, 3.8) is 0 Å². The Bertz CT molecular complexity index is 1190. The number of piperazine rings is 1. The largest absolute Gasteiger partial charge is 0.340 e. The average Bonchev–Trinajstić information content (AvgIpc) is 3.28. The Kier molecular flexibility index (Phi) is 7.30. The first kappa shape index (κ1) is 24.3. The summed E-state index contributed by atoms with van der Waals surface area (Å²) in [5.41, 5.74) is 3.73. The Labute approximate surface area is 204 Å². The van der Waals surface area contributed by atoms with Gasteiger partial charge in [-0.2, -0.15) is 9.40 Å². The Balaban J connectivity index is 1.48. The maximum absolute atomic E-state index is 12.8. The lowest BCUT2D eigenvalue weighted by molar-refractivity contribution is -0.132. The van der Waals surface area contributed by atoms with Crippen LogP contribution in [0.3, 0.4) is 0 Å². The minimum Gasteiger partial charge on any atom is -0.340 e. The van der Waals surface area contributed by atoms with Crippen molar-refractivity contribution in [2.75, 3.05) is 31.9 Å². The van der Waals surface area contributed by atoms with Crippen LogP contribution in [0.25, 0.3) is 17.1 Å². The maximum atomic E-state index is 12.8. The van der Waals surface area contributed by atoms with E-state index in [1.807, 2.05) is 37.3 Å². The summed E-state index contributed by atoms with van der Waals surface area (Å²) in [6, 6.07) is 13.5. The zero-order chi connectivity index (χ0) is 24.3. The van der Waals surface area contributed by atoms with Crippen molar-refractivity contribution in [2.45, 2.75) is 26.7 Å². The van der Waals surface area contributed by atoms with Crippen LogP contribution in [0.2, 0.25) is 5.15 Å². The van der Waals surface area contributed by atoms with Crippen molar-refractivity contribution < 1.29 is 13.2 Å². The van der Waals surface area contributed by atoms with Crippen molar-refractivity contribution in [1.29, 1.82) is 0 Å². The van der Waals surface area contributed by atoms with Gasteiger partial charge < -0.3 is 4.90 Å². The summed E-state index contributed by atoms with van der Waals surface area (Å²) in [6.45, 7) is 5.14. The molecule has 0 atom stereocenters. The van der Waals surface area contributed by atoms with Crippen LogP contribution in [0.1, 0.15) is 24.6 Å². The van der Waals surface area contributed by atoms with E-state index in [4.69, 9.17) is 16.7 Å². The molecule has 4 rings (SSSR count). The molecule has 1 aliphatic rings. The Morgan fingerprint density at radius 1 is 1.03 bits per heavy atom. The predicted octanol–water partition coefficient (Wildman–Crippen LogP) is 2.72. The molecular weight excluding hydrogens is 476 g/mol. The topological polar surface area (TPSA) is 101 Å². The van der Waals surface area contributed by atoms with Crippen molar-refractivity contribution >= 4 is 27.5 Å². The third-order valence-corrected chi connectivity index (χ3v) is 7.97. The molecule has 11 heteroatoms. The van der Waals surface area contributed by atoms with Gasteiger partial charge in [0.1, 0.15) is 0 Å². The first-order valence-corrected chi connectivity index (χ1v) is 13.2. The molecule has 0 unspecified atom stereocenters. The van der Waals surface area contributed by atoms with E-state index in [1.54, 1.807) is 28.6 Å². The minimum atomic E-state index is -3.22. The fraction of sp³-hybridized carbons (Fsp3) is 0.391. The number of aromatic nitrogens is 4. The number of benzene rings is 1. The van der Waals surface area contributed by atoms with Gasteiger partial charge in [0.25, 0.3) is 0 Å². The number of carbonyl (C=O) groups is 1. The molecule has 2 aromatic heterocycles. The minimum absolute atomic E-state index is 0.00809. The SMILES string of the molecule is CCS(=O)(=O)N1CCN(C(=O)CCc2cc(-c3ccc(C)cc3)n(-c3ccc(Cl)nn3)n2)CC1. The zero-order valence-corrected chi connectivity index (χ0v) is 20.8. The molecule has 3 aromatic rings. The van der Waals surface area contributed by atoms with Crippen LogP contribution in [0.15, 0.2) is 42.5 Å². The third kappa shape index (κ3) is 5.45. The highest BCUT2D eigenvalue weighted by Gasteiger charge is 2.27. The van der Waals surface area contributed by atoms with Crippen molar-refractivity contribution in [1.82, 2.24) is 29.2 Å². The molecule has 0 saturated carbocycles. The van der Waals surface area contributed by atoms with E-state index in [9.17, 15) is 13.2 Å². The van der Waals surface area contributed by atoms with E-state index in [2.05, 4.69) is 10.2 Å². The monoisotopic (exact) mass is 502 g/mol. The van der Waals surface area contributed by atoms with Crippen molar-refractivity contribution in [3.8, 4) is 17.1 Å². The smallest absolute Gasteiger partial charge is 0.223 e. The van der Waals surface area contributed by atoms with Crippen LogP contribution in [-0.4, -0.2) is 75.4 Å². The van der Waals surface area contributed by atoms with Gasteiger partial charge in [-0.3, -0.25) is 4.79 Å². The van der Waals surface area contributed by atoms with Crippen LogP contribution in [0, 0.1) is 6.92 Å². The van der Waals surface area contributed by atoms with Crippen molar-refractivity contribution in [2.24, 2.45) is 0 Å². The van der Waals surface area contributed by atoms with E-state index < -0.39 is 10.0 Å². The molecule has 1 amide bonds. The number of nitrogens with zero attached hydrogens (tertiary/aromatic N) is 6. The molecule has 3 heterocycles. The summed E-state index contributed by atoms with van der Waals surface area (Å²) in [5, 5.41) is 13.1. The van der Waals surface area contributed by atoms with E-state index in [1.165, 1.54) is 4.31 Å². The molecule has 0 bridgehead atoms. The standard InChI is InChI=1S/C23H27ClN6O3S/c1-3-34(32,33)29-14-12-28(13-15-29)23(31)11-8-19-16-20(18-6-4-17(2)5-7-18)30(27-19)22-10-9-21(24)25-26-22/h4-7,9-10,16H,3,8,11-15H2,1-2H3. The first-order chi connectivity index (χ1) is 16.3. The maximum Gasteiger partial charge on any atom is 0.223 e. The van der Waals surface area contributed by atoms with Gasteiger partial charge in [0.15, 0.2) is 11.0 Å². The Morgan fingerprint density at radius 2 is 1.74 bits per heavy atom. The van der Waals surface area contributed by atoms with E-state index in [0.717, 1.165) is 22.5 Å². The fourth-order valence-corrected chi connectivity index (χ4v) is 5.06. The van der Waals surface area contributed by atoms with Crippen LogP contribution in [0.4, 0.5) is 0 Å². The molecule has 0 aliphatic carbocycles. The molecule has 1 aromatic carbocycles. The molecule has 0 spiro atoms. The number of sulfonamides is 1. The van der Waals surface area contributed by atoms with Gasteiger partial charge in [0.05, 0.1) is 17.1 Å². The second-order valence-corrected chi connectivity index (χ2v) is 10.8. The number of aryl methyl sites for hydroxylation is 2. The summed E-state index contributed by atoms with van der Waals surface area (Å²) < 4.78 is 27.3. The number of hydrogen-bond acceptors (Lipinski definition) is 6. The van der Waals surface area contributed by atoms with Crippen LogP contribution < -0.4 is 0 Å². The summed E-state index contributed by atoms with van der Waals surface area (Å²) in [6.07, 6.45) is 0.746. The third-order valence-electron chi connectivity index (χ3n) is 5.89. The zero-order valence-electron chi connectivity index (χ0n) is 19.2. The number of amides is 1. The summed E-state index contributed by atoms with van der Waals surface area (Å²) in [7, 11) is -3.22. The molecule has 0 N–H and O–H groups in total. The molecule has 180 valence electrons. The molecule has 0 radical (unpaired) electrons. The number of halogens is 1. The molecule has 1 saturated heterocycles. The lowest BCUT2D eigenvalue weighted by Gasteiger charge is -2.33. The lowest BCUT2D eigenvalue weighted by Crippen LogP contribution is -2.50. The summed E-state index contributed by atoms with van der Waals surface area (Å²) in [4.78, 5) is 14.5. The van der Waals surface area contributed by atoms with E-state index >= 15 is 0 Å². The molecule has 34 heavy (non-hydrogen) atoms. The Morgan fingerprint density at radius 3 is 2.35 bits per heavy atom. The molecule has 9 nitrogen and oxygen atoms in total. The van der Waals surface area contributed by atoms with Gasteiger partial charge in [0.2, 0.25) is 15.9 Å². The predicted molar refractivity (Wildman–Crippen MR) is 130 cm³/mol. The lowest BCUT2D eigenvalue weighted by atomic mass is 10.1. The normalized spacial score (nSPS) is 15.0. The fourth-order valence-electron chi connectivity index (χ4n) is 3.87. The first-order valence-electron chi connectivity index (χ1n) is 11.2. The van der Waals surface area contributed by atoms with Crippen molar-refractivity contribution in [3.05, 3.63) is 58.9 Å². The van der Waals surface area contributed by atoms with Gasteiger partial charge >= 0.3 is 0 Å². The van der Waals surface area contributed by atoms with Gasteiger partial charge in [0, 0.05) is 44.6 Å². The van der Waals surface area contributed by atoms with Crippen LogP contribution in [-0.2, 0) is 21.2 Å². The summed E-state index contributed by atoms with van der Waals surface area (Å²) in [5.74, 6) is 0.599. The molecule has 1 aliphatic heterocycles. The van der Waals surface area contributed by atoms with Crippen LogP contribution >= 0.6 is 11.6 Å². The highest BCUT2D eigenvalue weighted by molar-refractivity contribution is 7.89. The van der Waals surface area contributed by atoms with Gasteiger partial charge in [-0.25, -0.2) is 13.1 Å².